The van der Waals surface area contributed by atoms with Crippen molar-refractivity contribution in [1.82, 2.24) is 4.31 Å². The van der Waals surface area contributed by atoms with Gasteiger partial charge in [0.25, 0.3) is 10.0 Å². The third kappa shape index (κ3) is 3.23. The summed E-state index contributed by atoms with van der Waals surface area (Å²) in [5.41, 5.74) is 0.640. The van der Waals surface area contributed by atoms with E-state index in [0.29, 0.717) is 9.87 Å². The Kier molecular flexibility index (Phi) is 4.40. The molecule has 1 aromatic rings. The fourth-order valence-electron chi connectivity index (χ4n) is 1.12. The van der Waals surface area contributed by atoms with Gasteiger partial charge in [-0.15, -0.1) is 0 Å². The number of hydrogen-bond acceptors (Lipinski definition) is 2. The standard InChI is InChI=1S/C9H10BrF2NO2S/c1-13(16(14,15)9(11)12)6-7-3-2-4-8(10)5-7/h2-5,9H,6H2,1H3. The van der Waals surface area contributed by atoms with Gasteiger partial charge in [-0.05, 0) is 17.7 Å². The van der Waals surface area contributed by atoms with Crippen LogP contribution < -0.4 is 0 Å². The molecule has 0 saturated heterocycles. The van der Waals surface area contributed by atoms with Crippen LogP contribution in [0.4, 0.5) is 8.78 Å². The van der Waals surface area contributed by atoms with Crippen LogP contribution >= 0.6 is 15.9 Å². The lowest BCUT2D eigenvalue weighted by atomic mass is 10.2. The van der Waals surface area contributed by atoms with Crippen LogP contribution in [-0.2, 0) is 16.6 Å². The Morgan fingerprint density at radius 3 is 2.56 bits per heavy atom. The average molecular weight is 314 g/mol. The van der Waals surface area contributed by atoms with Crippen molar-refractivity contribution in [3.63, 3.8) is 0 Å². The van der Waals surface area contributed by atoms with Crippen LogP contribution in [0.25, 0.3) is 0 Å². The van der Waals surface area contributed by atoms with E-state index < -0.39 is 15.8 Å². The molecule has 90 valence electrons. The Hall–Kier alpha value is -0.530. The van der Waals surface area contributed by atoms with Gasteiger partial charge in [0.15, 0.2) is 0 Å². The molecular formula is C9H10BrF2NO2S. The highest BCUT2D eigenvalue weighted by Gasteiger charge is 2.28. The fourth-order valence-corrected chi connectivity index (χ4v) is 2.17. The molecule has 0 unspecified atom stereocenters. The number of benzene rings is 1. The molecule has 0 aromatic heterocycles. The maximum atomic E-state index is 12.2. The maximum Gasteiger partial charge on any atom is 0.350 e. The zero-order valence-electron chi connectivity index (χ0n) is 8.40. The molecule has 3 nitrogen and oxygen atoms in total. The van der Waals surface area contributed by atoms with E-state index in [9.17, 15) is 17.2 Å². The molecule has 16 heavy (non-hydrogen) atoms. The van der Waals surface area contributed by atoms with Gasteiger partial charge in [0.2, 0.25) is 0 Å². The zero-order valence-corrected chi connectivity index (χ0v) is 10.8. The van der Waals surface area contributed by atoms with Crippen LogP contribution in [0.3, 0.4) is 0 Å². The van der Waals surface area contributed by atoms with Crippen molar-refractivity contribution >= 4 is 26.0 Å². The van der Waals surface area contributed by atoms with Crippen LogP contribution in [0.1, 0.15) is 5.56 Å². The largest absolute Gasteiger partial charge is 0.350 e. The molecule has 0 aliphatic rings. The Morgan fingerprint density at radius 1 is 1.44 bits per heavy atom. The van der Waals surface area contributed by atoms with Gasteiger partial charge in [0.1, 0.15) is 0 Å². The maximum absolute atomic E-state index is 12.2. The summed E-state index contributed by atoms with van der Waals surface area (Å²) in [4.78, 5) is 0. The summed E-state index contributed by atoms with van der Waals surface area (Å²) < 4.78 is 48.0. The molecule has 0 spiro atoms. The molecule has 0 saturated carbocycles. The summed E-state index contributed by atoms with van der Waals surface area (Å²) in [6.45, 7) is -0.0773. The van der Waals surface area contributed by atoms with E-state index in [1.807, 2.05) is 0 Å². The van der Waals surface area contributed by atoms with Crippen molar-refractivity contribution in [3.05, 3.63) is 34.3 Å². The Bertz CT molecular complexity index is 464. The number of halogens is 3. The molecule has 0 atom stereocenters. The lowest BCUT2D eigenvalue weighted by molar-refractivity contribution is 0.222. The summed E-state index contributed by atoms with van der Waals surface area (Å²) in [6.07, 6.45) is 0. The third-order valence-corrected chi connectivity index (χ3v) is 3.90. The summed E-state index contributed by atoms with van der Waals surface area (Å²) >= 11 is 3.22. The van der Waals surface area contributed by atoms with Crippen molar-refractivity contribution in [2.45, 2.75) is 12.3 Å². The highest BCUT2D eigenvalue weighted by Crippen LogP contribution is 2.16. The van der Waals surface area contributed by atoms with Crippen molar-refractivity contribution in [2.24, 2.45) is 0 Å². The second-order valence-electron chi connectivity index (χ2n) is 3.19. The molecule has 0 N–H and O–H groups in total. The molecule has 0 aliphatic heterocycles. The summed E-state index contributed by atoms with van der Waals surface area (Å²) in [5.74, 6) is -3.38. The fraction of sp³-hybridized carbons (Fsp3) is 0.333. The molecule has 0 aliphatic carbocycles. The Morgan fingerprint density at radius 2 is 2.06 bits per heavy atom. The number of alkyl halides is 2. The molecule has 1 rings (SSSR count). The molecule has 0 heterocycles. The van der Waals surface area contributed by atoms with Crippen LogP contribution in [0.15, 0.2) is 28.7 Å². The van der Waals surface area contributed by atoms with Gasteiger partial charge < -0.3 is 0 Å². The first-order valence-electron chi connectivity index (χ1n) is 4.32. The van der Waals surface area contributed by atoms with E-state index in [-0.39, 0.29) is 6.54 Å². The number of nitrogens with zero attached hydrogens (tertiary/aromatic N) is 1. The van der Waals surface area contributed by atoms with Crippen LogP contribution in [-0.4, -0.2) is 25.5 Å². The highest BCUT2D eigenvalue weighted by molar-refractivity contribution is 9.10. The lowest BCUT2D eigenvalue weighted by Gasteiger charge is -2.16. The topological polar surface area (TPSA) is 37.4 Å². The molecule has 7 heteroatoms. The van der Waals surface area contributed by atoms with Crippen LogP contribution in [0, 0.1) is 0 Å². The average Bonchev–Trinajstić information content (AvgIpc) is 2.17. The van der Waals surface area contributed by atoms with Crippen LogP contribution in [0.5, 0.6) is 0 Å². The first kappa shape index (κ1) is 13.5. The van der Waals surface area contributed by atoms with Gasteiger partial charge in [0, 0.05) is 18.1 Å². The lowest BCUT2D eigenvalue weighted by Crippen LogP contribution is -2.31. The van der Waals surface area contributed by atoms with E-state index in [0.717, 1.165) is 11.5 Å². The van der Waals surface area contributed by atoms with Gasteiger partial charge >= 0.3 is 5.76 Å². The van der Waals surface area contributed by atoms with Crippen LogP contribution in [0.2, 0.25) is 0 Å². The first-order valence-corrected chi connectivity index (χ1v) is 6.61. The summed E-state index contributed by atoms with van der Waals surface area (Å²) in [7, 11) is -3.38. The number of hydrogen-bond donors (Lipinski definition) is 0. The SMILES string of the molecule is CN(Cc1cccc(Br)c1)S(=O)(=O)C(F)F. The Balaban J connectivity index is 2.83. The van der Waals surface area contributed by atoms with E-state index >= 15 is 0 Å². The molecule has 0 fully saturated rings. The summed E-state index contributed by atoms with van der Waals surface area (Å²) in [6, 6.07) is 6.83. The predicted molar refractivity (Wildman–Crippen MR) is 60.5 cm³/mol. The minimum atomic E-state index is -4.50. The minimum Gasteiger partial charge on any atom is -0.206 e. The number of sulfonamides is 1. The summed E-state index contributed by atoms with van der Waals surface area (Å²) in [5, 5.41) is 0. The molecule has 0 bridgehead atoms. The second-order valence-corrected chi connectivity index (χ2v) is 6.12. The van der Waals surface area contributed by atoms with Crippen molar-refractivity contribution in [1.29, 1.82) is 0 Å². The van der Waals surface area contributed by atoms with E-state index in [1.165, 1.54) is 0 Å². The van der Waals surface area contributed by atoms with Crippen molar-refractivity contribution in [2.75, 3.05) is 7.05 Å². The first-order chi connectivity index (χ1) is 7.34. The van der Waals surface area contributed by atoms with Gasteiger partial charge in [-0.25, -0.2) is 8.42 Å². The van der Waals surface area contributed by atoms with Gasteiger partial charge in [-0.3, -0.25) is 0 Å². The normalized spacial score (nSPS) is 12.4. The van der Waals surface area contributed by atoms with Gasteiger partial charge in [-0.2, -0.15) is 13.1 Å². The second kappa shape index (κ2) is 5.20. The van der Waals surface area contributed by atoms with Crippen molar-refractivity contribution in [3.8, 4) is 0 Å². The minimum absolute atomic E-state index is 0.0773. The molecular weight excluding hydrogens is 304 g/mol. The van der Waals surface area contributed by atoms with Crippen molar-refractivity contribution < 1.29 is 17.2 Å². The predicted octanol–water partition coefficient (Wildman–Crippen LogP) is 2.43. The van der Waals surface area contributed by atoms with Gasteiger partial charge in [0.05, 0.1) is 0 Å². The molecule has 1 aromatic carbocycles. The van der Waals surface area contributed by atoms with E-state index in [4.69, 9.17) is 0 Å². The van der Waals surface area contributed by atoms with Gasteiger partial charge in [-0.1, -0.05) is 28.1 Å². The Labute approximate surface area is 101 Å². The quantitative estimate of drug-likeness (QED) is 0.856. The number of rotatable bonds is 4. The molecule has 0 radical (unpaired) electrons. The van der Waals surface area contributed by atoms with E-state index in [1.54, 1.807) is 24.3 Å². The molecule has 0 amide bonds. The smallest absolute Gasteiger partial charge is 0.206 e. The highest BCUT2D eigenvalue weighted by atomic mass is 79.9. The zero-order chi connectivity index (χ0) is 12.3. The monoisotopic (exact) mass is 313 g/mol. The van der Waals surface area contributed by atoms with E-state index in [2.05, 4.69) is 15.9 Å². The third-order valence-electron chi connectivity index (χ3n) is 1.95.